The lowest BCUT2D eigenvalue weighted by atomic mass is 9.91. The van der Waals surface area contributed by atoms with Gasteiger partial charge in [0, 0.05) is 33.8 Å². The molecule has 344 valence electrons. The van der Waals surface area contributed by atoms with Crippen LogP contribution in [0, 0.1) is 36.5 Å². The fourth-order valence-electron chi connectivity index (χ4n) is 10.0. The van der Waals surface area contributed by atoms with Crippen molar-refractivity contribution in [2.75, 3.05) is 13.7 Å². The first-order chi connectivity index (χ1) is 30.6. The Hall–Kier alpha value is -5.05. The van der Waals surface area contributed by atoms with E-state index in [-0.39, 0.29) is 18.1 Å². The molecule has 9 nitrogen and oxygen atoms in total. The van der Waals surface area contributed by atoms with Crippen LogP contribution in [-0.2, 0) is 19.1 Å². The van der Waals surface area contributed by atoms with E-state index in [0.717, 1.165) is 98.1 Å². The Morgan fingerprint density at radius 1 is 0.797 bits per heavy atom. The topological polar surface area (TPSA) is 126 Å². The Morgan fingerprint density at radius 3 is 2.00 bits per heavy atom. The highest BCUT2D eigenvalue weighted by Crippen LogP contribution is 2.48. The van der Waals surface area contributed by atoms with E-state index in [9.17, 15) is 14.7 Å². The van der Waals surface area contributed by atoms with Crippen LogP contribution >= 0.6 is 0 Å². The highest BCUT2D eigenvalue weighted by Gasteiger charge is 2.47. The normalized spacial score (nSPS) is 19.5. The number of aromatic amines is 1. The molecule has 0 radical (unpaired) electrons. The summed E-state index contributed by atoms with van der Waals surface area (Å²) >= 11 is 0. The van der Waals surface area contributed by atoms with Gasteiger partial charge in [0.1, 0.15) is 11.7 Å². The maximum absolute atomic E-state index is 13.6. The third-order valence-electron chi connectivity index (χ3n) is 14.2. The smallest absolute Gasteiger partial charge is 0.321 e. The molecule has 64 heavy (non-hydrogen) atoms. The average Bonchev–Trinajstić information content (AvgIpc) is 3.99. The molecule has 1 aromatic rings. The molecule has 1 aromatic heterocycles. The van der Waals surface area contributed by atoms with Gasteiger partial charge in [-0.25, -0.2) is 15.0 Å². The van der Waals surface area contributed by atoms with Crippen LogP contribution in [0.4, 0.5) is 0 Å². The minimum Gasteiger partial charge on any atom is -0.510 e. The number of aliphatic hydroxyl groups excluding tert-OH is 1. The molecule has 0 aromatic carbocycles. The molecule has 4 atom stereocenters. The van der Waals surface area contributed by atoms with Gasteiger partial charge >= 0.3 is 11.9 Å². The number of rotatable bonds is 21. The van der Waals surface area contributed by atoms with Gasteiger partial charge in [-0.2, -0.15) is 0 Å². The minimum atomic E-state index is -1.13. The molecule has 1 aliphatic carbocycles. The van der Waals surface area contributed by atoms with Gasteiger partial charge in [-0.15, -0.1) is 0 Å². The summed E-state index contributed by atoms with van der Waals surface area (Å²) in [6.45, 7) is 26.4. The number of esters is 2. The molecule has 6 rings (SSSR count). The predicted octanol–water partition coefficient (Wildman–Crippen LogP) is 11.8. The summed E-state index contributed by atoms with van der Waals surface area (Å²) in [5.74, 6) is 0.718. The van der Waals surface area contributed by atoms with Crippen LogP contribution in [0.15, 0.2) is 89.5 Å². The third-order valence-corrected chi connectivity index (χ3v) is 14.2. The average molecular weight is 871 g/mol. The zero-order chi connectivity index (χ0) is 46.4. The van der Waals surface area contributed by atoms with Crippen LogP contribution in [0.2, 0.25) is 0 Å². The second kappa shape index (κ2) is 21.3. The largest absolute Gasteiger partial charge is 0.510 e. The zero-order valence-corrected chi connectivity index (χ0v) is 40.7. The summed E-state index contributed by atoms with van der Waals surface area (Å²) in [6, 6.07) is 0. The minimum absolute atomic E-state index is 0.114. The molecule has 4 unspecified atom stereocenters. The summed E-state index contributed by atoms with van der Waals surface area (Å²) in [4.78, 5) is 46.1. The fraction of sp³-hybridized carbons (Fsp3) is 0.545. The molecule has 5 aliphatic rings. The SMILES string of the molecule is C=Cc1c(C)c2[nH]c1=CC1=NC(=CC3=C(C)C4=C(O)C(C(=O)OC)C(=C5N=C(C=2)C(C)=C5CCC(=O)OCCC(C)CCCC(C)CCCC(C)CCCC(C)C)C4=N3)C(CC)=C1C. The number of carbonyl (C=O) groups is 2. The quantitative estimate of drug-likeness (QED) is 0.119. The number of carbonyl (C=O) groups excluding carboxylic acids is 2. The monoisotopic (exact) mass is 871 g/mol. The summed E-state index contributed by atoms with van der Waals surface area (Å²) in [5, 5.41) is 13.6. The standard InChI is InChI=1S/C55H74N4O5/c1-13-39-35(8)42-28-44-37(10)41(24-25-48(60)64-27-26-34(7)23-17-22-33(6)21-16-20-32(5)19-15-18-31(3)4)52(58-44)50-51(55(62)63-12)54(61)49-38(11)45(59-53(49)50)30-47-40(14-2)36(9)43(57-47)29-46(39)56-42/h13,28-34,51,56,61H,1,14-27H2,2-12H3. The van der Waals surface area contributed by atoms with Crippen LogP contribution in [-0.4, -0.2) is 52.9 Å². The Kier molecular flexibility index (Phi) is 16.1. The maximum atomic E-state index is 13.6. The first-order valence-electron chi connectivity index (χ1n) is 24.1. The van der Waals surface area contributed by atoms with E-state index in [0.29, 0.717) is 52.9 Å². The number of nitrogens with zero attached hydrogens (tertiary/aromatic N) is 3. The lowest BCUT2D eigenvalue weighted by molar-refractivity contribution is -0.144. The molecule has 4 aliphatic heterocycles. The number of H-pyrrole nitrogens is 1. The Bertz CT molecular complexity index is 2450. The third kappa shape index (κ3) is 10.6. The summed E-state index contributed by atoms with van der Waals surface area (Å²) in [6.07, 6.45) is 21.6. The molecule has 9 heteroatoms. The highest BCUT2D eigenvalue weighted by atomic mass is 16.5. The van der Waals surface area contributed by atoms with Crippen molar-refractivity contribution in [2.24, 2.45) is 44.6 Å². The number of aromatic nitrogens is 1. The predicted molar refractivity (Wildman–Crippen MR) is 263 cm³/mol. The number of aliphatic hydroxyl groups is 1. The van der Waals surface area contributed by atoms with Crippen LogP contribution in [0.25, 0.3) is 18.2 Å². The molecule has 0 saturated carbocycles. The number of methoxy groups -OCH3 is 1. The highest BCUT2D eigenvalue weighted by molar-refractivity contribution is 6.27. The van der Waals surface area contributed by atoms with Crippen molar-refractivity contribution in [3.8, 4) is 0 Å². The van der Waals surface area contributed by atoms with Crippen molar-refractivity contribution < 1.29 is 24.2 Å². The van der Waals surface area contributed by atoms with Crippen molar-refractivity contribution in [1.29, 1.82) is 0 Å². The lowest BCUT2D eigenvalue weighted by Gasteiger charge is -2.16. The van der Waals surface area contributed by atoms with Crippen LogP contribution in [0.1, 0.15) is 157 Å². The molecule has 8 bridgehead atoms. The van der Waals surface area contributed by atoms with E-state index < -0.39 is 11.9 Å². The number of aliphatic imine (C=N–C) groups is 3. The van der Waals surface area contributed by atoms with Gasteiger partial charge in [0.15, 0.2) is 0 Å². The molecular weight excluding hydrogens is 797 g/mol. The van der Waals surface area contributed by atoms with Gasteiger partial charge < -0.3 is 19.6 Å². The van der Waals surface area contributed by atoms with E-state index >= 15 is 0 Å². The van der Waals surface area contributed by atoms with Gasteiger partial charge in [0.25, 0.3) is 0 Å². The number of allylic oxidation sites excluding steroid dienone is 7. The van der Waals surface area contributed by atoms with Crippen LogP contribution in [0.3, 0.4) is 0 Å². The van der Waals surface area contributed by atoms with Crippen molar-refractivity contribution >= 4 is 47.3 Å². The zero-order valence-electron chi connectivity index (χ0n) is 40.7. The van der Waals surface area contributed by atoms with E-state index in [1.807, 2.05) is 32.1 Å². The summed E-state index contributed by atoms with van der Waals surface area (Å²) in [7, 11) is 1.32. The second-order valence-corrected chi connectivity index (χ2v) is 19.5. The van der Waals surface area contributed by atoms with Crippen molar-refractivity contribution in [2.45, 2.75) is 153 Å². The second-order valence-electron chi connectivity index (χ2n) is 19.5. The van der Waals surface area contributed by atoms with Gasteiger partial charge in [-0.05, 0) is 122 Å². The van der Waals surface area contributed by atoms with E-state index in [1.165, 1.54) is 58.5 Å². The van der Waals surface area contributed by atoms with E-state index in [4.69, 9.17) is 24.5 Å². The van der Waals surface area contributed by atoms with E-state index in [1.54, 1.807) is 0 Å². The lowest BCUT2D eigenvalue weighted by Crippen LogP contribution is -2.21. The molecule has 5 heterocycles. The maximum Gasteiger partial charge on any atom is 0.321 e. The number of fused-ring (bicyclic) bond motifs is 5. The van der Waals surface area contributed by atoms with Crippen LogP contribution in [0.5, 0.6) is 0 Å². The van der Waals surface area contributed by atoms with Gasteiger partial charge in [0.2, 0.25) is 0 Å². The number of hydrogen-bond donors (Lipinski definition) is 2. The van der Waals surface area contributed by atoms with Gasteiger partial charge in [-0.1, -0.05) is 112 Å². The van der Waals surface area contributed by atoms with Crippen LogP contribution < -0.4 is 10.7 Å². The molecule has 0 spiro atoms. The number of hydrogen-bond acceptors (Lipinski definition) is 8. The molecule has 2 N–H and O–H groups in total. The fourth-order valence-corrected chi connectivity index (χ4v) is 10.0. The van der Waals surface area contributed by atoms with E-state index in [2.05, 4.69) is 73.0 Å². The molecule has 0 fully saturated rings. The summed E-state index contributed by atoms with van der Waals surface area (Å²) in [5.41, 5.74) is 11.6. The van der Waals surface area contributed by atoms with Crippen molar-refractivity contribution in [3.63, 3.8) is 0 Å². The first kappa shape index (κ1) is 48.4. The van der Waals surface area contributed by atoms with Crippen molar-refractivity contribution in [1.82, 2.24) is 4.98 Å². The molecule has 0 saturated heterocycles. The first-order valence-corrected chi connectivity index (χ1v) is 24.1. The number of ether oxygens (including phenoxy) is 2. The molecule has 0 amide bonds. The van der Waals surface area contributed by atoms with Gasteiger partial charge in [0.05, 0.1) is 47.9 Å². The Balaban J connectivity index is 1.20. The summed E-state index contributed by atoms with van der Waals surface area (Å²) < 4.78 is 11.2. The van der Waals surface area contributed by atoms with Gasteiger partial charge in [-0.3, -0.25) is 9.59 Å². The van der Waals surface area contributed by atoms with Crippen molar-refractivity contribution in [3.05, 3.63) is 96.3 Å². The molecular formula is C55H74N4O5. The Labute approximate surface area is 382 Å². The number of nitrogens with one attached hydrogen (secondary N) is 1. The Morgan fingerprint density at radius 2 is 1.39 bits per heavy atom.